The molecule has 1 aliphatic rings. The summed E-state index contributed by atoms with van der Waals surface area (Å²) in [7, 11) is 2.10. The molecule has 0 radical (unpaired) electrons. The maximum absolute atomic E-state index is 12.3. The largest absolute Gasteiger partial charge is 0.480 e. The second kappa shape index (κ2) is 11.2. The van der Waals surface area contributed by atoms with Gasteiger partial charge in [0.1, 0.15) is 10.9 Å². The van der Waals surface area contributed by atoms with Gasteiger partial charge in [-0.05, 0) is 30.2 Å². The highest BCUT2D eigenvalue weighted by atomic mass is 32.2. The summed E-state index contributed by atoms with van der Waals surface area (Å²) in [4.78, 5) is 27.0. The Labute approximate surface area is 176 Å². The lowest BCUT2D eigenvalue weighted by molar-refractivity contribution is -0.140. The Bertz CT molecular complexity index is 732. The average Bonchev–Trinajstić information content (AvgIpc) is 2.92. The number of hydrogen-bond donors (Lipinski definition) is 1. The third-order valence-electron chi connectivity index (χ3n) is 4.65. The van der Waals surface area contributed by atoms with Crippen molar-refractivity contribution >= 4 is 51.9 Å². The van der Waals surface area contributed by atoms with Crippen LogP contribution in [0.4, 0.5) is 5.69 Å². The lowest BCUT2D eigenvalue weighted by Gasteiger charge is -2.19. The summed E-state index contributed by atoms with van der Waals surface area (Å²) < 4.78 is 0.286. The topological polar surface area (TPSA) is 60.9 Å². The Kier molecular flexibility index (Phi) is 8.99. The molecule has 1 aliphatic heterocycles. The highest BCUT2D eigenvalue weighted by Gasteiger charge is 2.33. The number of carboxylic acids is 1. The van der Waals surface area contributed by atoms with E-state index >= 15 is 0 Å². The standard InChI is InChI=1S/C21H28N2O3S2/c1-3-4-5-6-7-8-13-22(2)17-11-9-16(10-12-17)14-18-20(26)23(15-19(24)25)21(27)28-18/h9-12,14H,3-8,13,15H2,1-2H3,(H,24,25). The molecule has 0 aromatic heterocycles. The van der Waals surface area contributed by atoms with E-state index in [0.29, 0.717) is 4.91 Å². The molecule has 0 unspecified atom stereocenters. The molecule has 1 amide bonds. The van der Waals surface area contributed by atoms with Crippen molar-refractivity contribution in [1.82, 2.24) is 4.90 Å². The quantitative estimate of drug-likeness (QED) is 0.316. The molecule has 5 nitrogen and oxygen atoms in total. The monoisotopic (exact) mass is 420 g/mol. The third kappa shape index (κ3) is 6.63. The van der Waals surface area contributed by atoms with Crippen molar-refractivity contribution in [3.8, 4) is 0 Å². The van der Waals surface area contributed by atoms with Gasteiger partial charge in [0, 0.05) is 19.3 Å². The minimum Gasteiger partial charge on any atom is -0.480 e. The van der Waals surface area contributed by atoms with Crippen LogP contribution in [0.25, 0.3) is 6.08 Å². The zero-order chi connectivity index (χ0) is 20.5. The summed E-state index contributed by atoms with van der Waals surface area (Å²) in [6, 6.07) is 8.02. The SMILES string of the molecule is CCCCCCCCN(C)c1ccc(C=C2SC(=S)N(CC(=O)O)C2=O)cc1. The van der Waals surface area contributed by atoms with Gasteiger partial charge in [-0.1, -0.05) is 75.1 Å². The predicted octanol–water partition coefficient (Wildman–Crippen LogP) is 4.77. The van der Waals surface area contributed by atoms with Crippen molar-refractivity contribution in [1.29, 1.82) is 0 Å². The number of thioether (sulfide) groups is 1. The van der Waals surface area contributed by atoms with Crippen LogP contribution in [0.2, 0.25) is 0 Å². The number of nitrogens with zero attached hydrogens (tertiary/aromatic N) is 2. The Hall–Kier alpha value is -1.86. The Morgan fingerprint density at radius 1 is 1.18 bits per heavy atom. The molecule has 0 spiro atoms. The lowest BCUT2D eigenvalue weighted by Crippen LogP contribution is -2.33. The van der Waals surface area contributed by atoms with E-state index in [1.54, 1.807) is 6.08 Å². The van der Waals surface area contributed by atoms with E-state index in [1.165, 1.54) is 38.5 Å². The van der Waals surface area contributed by atoms with Crippen LogP contribution in [0.1, 0.15) is 51.0 Å². The molecule has 28 heavy (non-hydrogen) atoms. The van der Waals surface area contributed by atoms with E-state index < -0.39 is 12.5 Å². The van der Waals surface area contributed by atoms with E-state index in [2.05, 4.69) is 18.9 Å². The first kappa shape index (κ1) is 22.4. The summed E-state index contributed by atoms with van der Waals surface area (Å²) in [6.07, 6.45) is 9.45. The fraction of sp³-hybridized carbons (Fsp3) is 0.476. The molecule has 1 saturated heterocycles. The van der Waals surface area contributed by atoms with Crippen LogP contribution in [-0.2, 0) is 9.59 Å². The van der Waals surface area contributed by atoms with E-state index in [4.69, 9.17) is 17.3 Å². The molecule has 0 bridgehead atoms. The number of carbonyl (C=O) groups excluding carboxylic acids is 1. The second-order valence-corrected chi connectivity index (χ2v) is 8.62. The highest BCUT2D eigenvalue weighted by molar-refractivity contribution is 8.26. The number of aliphatic carboxylic acids is 1. The zero-order valence-corrected chi connectivity index (χ0v) is 18.2. The first-order valence-electron chi connectivity index (χ1n) is 9.70. The van der Waals surface area contributed by atoms with Crippen LogP contribution >= 0.6 is 24.0 Å². The summed E-state index contributed by atoms with van der Waals surface area (Å²) in [5.74, 6) is -1.42. The number of unbranched alkanes of at least 4 members (excludes halogenated alkanes) is 5. The van der Waals surface area contributed by atoms with Crippen LogP contribution < -0.4 is 4.90 Å². The van der Waals surface area contributed by atoms with E-state index in [9.17, 15) is 9.59 Å². The van der Waals surface area contributed by atoms with Crippen LogP contribution in [0, 0.1) is 0 Å². The molecule has 1 fully saturated rings. The van der Waals surface area contributed by atoms with Crippen LogP contribution in [-0.4, -0.2) is 46.3 Å². The molecular weight excluding hydrogens is 392 g/mol. The van der Waals surface area contributed by atoms with Crippen molar-refractivity contribution in [2.75, 3.05) is 25.0 Å². The number of rotatable bonds is 11. The van der Waals surface area contributed by atoms with Gasteiger partial charge in [-0.25, -0.2) is 0 Å². The smallest absolute Gasteiger partial charge is 0.323 e. The molecule has 1 aromatic rings. The first-order valence-corrected chi connectivity index (χ1v) is 10.9. The molecule has 2 rings (SSSR count). The molecule has 0 aliphatic carbocycles. The normalized spacial score (nSPS) is 15.5. The summed E-state index contributed by atoms with van der Waals surface area (Å²) in [5.41, 5.74) is 2.04. The minimum absolute atomic E-state index is 0.286. The van der Waals surface area contributed by atoms with Gasteiger partial charge >= 0.3 is 5.97 Å². The Morgan fingerprint density at radius 3 is 2.46 bits per heavy atom. The van der Waals surface area contributed by atoms with Gasteiger partial charge in [0.25, 0.3) is 5.91 Å². The number of anilines is 1. The number of amides is 1. The second-order valence-electron chi connectivity index (χ2n) is 6.94. The van der Waals surface area contributed by atoms with E-state index in [-0.39, 0.29) is 10.2 Å². The van der Waals surface area contributed by atoms with Gasteiger partial charge in [0.05, 0.1) is 4.91 Å². The maximum Gasteiger partial charge on any atom is 0.323 e. The molecule has 1 N–H and O–H groups in total. The molecule has 1 aromatic carbocycles. The number of benzene rings is 1. The third-order valence-corrected chi connectivity index (χ3v) is 6.02. The van der Waals surface area contributed by atoms with Crippen LogP contribution in [0.3, 0.4) is 0 Å². The lowest BCUT2D eigenvalue weighted by atomic mass is 10.1. The van der Waals surface area contributed by atoms with Gasteiger partial charge in [-0.3, -0.25) is 14.5 Å². The van der Waals surface area contributed by atoms with Crippen LogP contribution in [0.15, 0.2) is 29.2 Å². The van der Waals surface area contributed by atoms with Gasteiger partial charge in [-0.15, -0.1) is 0 Å². The molecule has 152 valence electrons. The predicted molar refractivity (Wildman–Crippen MR) is 121 cm³/mol. The summed E-state index contributed by atoms with van der Waals surface area (Å²) in [6.45, 7) is 2.86. The fourth-order valence-electron chi connectivity index (χ4n) is 3.01. The van der Waals surface area contributed by atoms with E-state index in [0.717, 1.165) is 34.5 Å². The van der Waals surface area contributed by atoms with Gasteiger partial charge in [0.15, 0.2) is 0 Å². The van der Waals surface area contributed by atoms with E-state index in [1.807, 2.05) is 24.3 Å². The van der Waals surface area contributed by atoms with Crippen LogP contribution in [0.5, 0.6) is 0 Å². The average molecular weight is 421 g/mol. The fourth-order valence-corrected chi connectivity index (χ4v) is 4.26. The molecule has 0 saturated carbocycles. The van der Waals surface area contributed by atoms with Crippen molar-refractivity contribution in [3.05, 3.63) is 34.7 Å². The van der Waals surface area contributed by atoms with Crippen molar-refractivity contribution in [2.45, 2.75) is 45.4 Å². The molecule has 0 atom stereocenters. The minimum atomic E-state index is -1.07. The molecule has 1 heterocycles. The molecular formula is C21H28N2O3S2. The number of thiocarbonyl (C=S) groups is 1. The van der Waals surface area contributed by atoms with Crippen molar-refractivity contribution in [3.63, 3.8) is 0 Å². The first-order chi connectivity index (χ1) is 13.4. The Balaban J connectivity index is 1.90. The van der Waals surface area contributed by atoms with Crippen molar-refractivity contribution in [2.24, 2.45) is 0 Å². The number of carboxylic acid groups (broad SMARTS) is 1. The van der Waals surface area contributed by atoms with Gasteiger partial charge in [-0.2, -0.15) is 0 Å². The Morgan fingerprint density at radius 2 is 1.82 bits per heavy atom. The summed E-state index contributed by atoms with van der Waals surface area (Å²) in [5, 5.41) is 8.90. The van der Waals surface area contributed by atoms with Crippen molar-refractivity contribution < 1.29 is 14.7 Å². The zero-order valence-electron chi connectivity index (χ0n) is 16.5. The number of hydrogen-bond acceptors (Lipinski definition) is 5. The summed E-state index contributed by atoms with van der Waals surface area (Å²) >= 11 is 6.26. The molecule has 7 heteroatoms. The maximum atomic E-state index is 12.3. The highest BCUT2D eigenvalue weighted by Crippen LogP contribution is 2.32. The van der Waals surface area contributed by atoms with Gasteiger partial charge < -0.3 is 10.0 Å². The number of carbonyl (C=O) groups is 2. The van der Waals surface area contributed by atoms with Gasteiger partial charge in [0.2, 0.25) is 0 Å².